The molecule has 14 heavy (non-hydrogen) atoms. The molecule has 3 heteroatoms. The maximum absolute atomic E-state index is 12.6. The van der Waals surface area contributed by atoms with Crippen molar-refractivity contribution in [1.82, 2.24) is 0 Å². The van der Waals surface area contributed by atoms with Gasteiger partial charge >= 0.3 is 0 Å². The minimum Gasteiger partial charge on any atom is -0.472 e. The van der Waals surface area contributed by atoms with E-state index in [9.17, 15) is 4.39 Å². The molecular weight excluding hydrogens is 203 g/mol. The third kappa shape index (κ3) is 1.80. The minimum absolute atomic E-state index is 0.259. The first-order valence-corrected chi connectivity index (χ1v) is 4.62. The predicted octanol–water partition coefficient (Wildman–Crippen LogP) is 3.75. The van der Waals surface area contributed by atoms with E-state index >= 15 is 0 Å². The Bertz CT molecular complexity index is 394. The van der Waals surface area contributed by atoms with E-state index in [0.29, 0.717) is 0 Å². The zero-order chi connectivity index (χ0) is 9.97. The number of halogens is 2. The van der Waals surface area contributed by atoms with Gasteiger partial charge in [-0.25, -0.2) is 4.39 Å². The minimum atomic E-state index is -0.283. The van der Waals surface area contributed by atoms with Crippen molar-refractivity contribution in [2.45, 2.75) is 5.38 Å². The number of furan rings is 1. The summed E-state index contributed by atoms with van der Waals surface area (Å²) < 4.78 is 17.6. The lowest BCUT2D eigenvalue weighted by Crippen LogP contribution is -1.90. The van der Waals surface area contributed by atoms with E-state index in [1.165, 1.54) is 12.1 Å². The fraction of sp³-hybridized carbons (Fsp3) is 0.0909. The van der Waals surface area contributed by atoms with Crippen molar-refractivity contribution in [3.8, 4) is 0 Å². The van der Waals surface area contributed by atoms with Crippen molar-refractivity contribution in [3.63, 3.8) is 0 Å². The summed E-state index contributed by atoms with van der Waals surface area (Å²) in [5, 5.41) is -0.283. The van der Waals surface area contributed by atoms with E-state index in [1.807, 2.05) is 0 Å². The molecule has 2 aromatic rings. The lowest BCUT2D eigenvalue weighted by Gasteiger charge is -2.06. The Hall–Kier alpha value is -1.28. The maximum Gasteiger partial charge on any atom is 0.123 e. The average molecular weight is 211 g/mol. The van der Waals surface area contributed by atoms with Crippen LogP contribution < -0.4 is 0 Å². The molecule has 0 amide bonds. The second-order valence-corrected chi connectivity index (χ2v) is 3.41. The molecule has 1 nitrogen and oxygen atoms in total. The summed E-state index contributed by atoms with van der Waals surface area (Å²) in [5.41, 5.74) is 1.73. The molecule has 0 aliphatic rings. The smallest absolute Gasteiger partial charge is 0.123 e. The monoisotopic (exact) mass is 210 g/mol. The van der Waals surface area contributed by atoms with Gasteiger partial charge in [0.05, 0.1) is 17.9 Å². The summed E-state index contributed by atoms with van der Waals surface area (Å²) in [5.74, 6) is -0.259. The van der Waals surface area contributed by atoms with E-state index < -0.39 is 0 Å². The summed E-state index contributed by atoms with van der Waals surface area (Å²) in [4.78, 5) is 0. The van der Waals surface area contributed by atoms with E-state index in [0.717, 1.165) is 11.1 Å². The van der Waals surface area contributed by atoms with Crippen molar-refractivity contribution in [1.29, 1.82) is 0 Å². The lowest BCUT2D eigenvalue weighted by atomic mass is 10.1. The van der Waals surface area contributed by atoms with Crippen LogP contribution in [0.3, 0.4) is 0 Å². The maximum atomic E-state index is 12.6. The SMILES string of the molecule is Fc1ccc(C(Cl)c2ccoc2)cc1. The molecule has 0 radical (unpaired) electrons. The normalized spacial score (nSPS) is 12.7. The molecular formula is C11H8ClFO. The molecule has 0 fully saturated rings. The van der Waals surface area contributed by atoms with E-state index in [-0.39, 0.29) is 11.2 Å². The first-order valence-electron chi connectivity index (χ1n) is 4.19. The molecule has 0 saturated heterocycles. The van der Waals surface area contributed by atoms with Crippen LogP contribution in [0.4, 0.5) is 4.39 Å². The largest absolute Gasteiger partial charge is 0.472 e. The van der Waals surface area contributed by atoms with Crippen LogP contribution in [0.15, 0.2) is 47.3 Å². The quantitative estimate of drug-likeness (QED) is 0.688. The molecule has 0 bridgehead atoms. The summed E-state index contributed by atoms with van der Waals surface area (Å²) in [6.07, 6.45) is 3.15. The molecule has 1 aromatic heterocycles. The molecule has 0 N–H and O–H groups in total. The Morgan fingerprint density at radius 3 is 2.36 bits per heavy atom. The van der Waals surface area contributed by atoms with Gasteiger partial charge in [0, 0.05) is 5.56 Å². The fourth-order valence-corrected chi connectivity index (χ4v) is 1.51. The Kier molecular flexibility index (Phi) is 2.55. The van der Waals surface area contributed by atoms with Gasteiger partial charge in [0.15, 0.2) is 0 Å². The summed E-state index contributed by atoms with van der Waals surface area (Å²) in [6, 6.07) is 7.91. The average Bonchev–Trinajstić information content (AvgIpc) is 2.71. The number of hydrogen-bond acceptors (Lipinski definition) is 1. The summed E-state index contributed by atoms with van der Waals surface area (Å²) in [6.45, 7) is 0. The van der Waals surface area contributed by atoms with Crippen LogP contribution in [0.5, 0.6) is 0 Å². The highest BCUT2D eigenvalue weighted by Gasteiger charge is 2.11. The van der Waals surface area contributed by atoms with E-state index in [2.05, 4.69) is 0 Å². The van der Waals surface area contributed by atoms with Crippen LogP contribution in [0.25, 0.3) is 0 Å². The van der Waals surface area contributed by atoms with Crippen molar-refractivity contribution < 1.29 is 8.81 Å². The molecule has 0 saturated carbocycles. The standard InChI is InChI=1S/C11H8ClFO/c12-11(9-5-6-14-7-9)8-1-3-10(13)4-2-8/h1-7,11H. The van der Waals surface area contributed by atoms with Crippen LogP contribution in [-0.4, -0.2) is 0 Å². The molecule has 2 rings (SSSR count). The number of alkyl halides is 1. The highest BCUT2D eigenvalue weighted by atomic mass is 35.5. The fourth-order valence-electron chi connectivity index (χ4n) is 1.24. The molecule has 72 valence electrons. The van der Waals surface area contributed by atoms with Gasteiger partial charge < -0.3 is 4.42 Å². The molecule has 0 spiro atoms. The van der Waals surface area contributed by atoms with Crippen LogP contribution >= 0.6 is 11.6 Å². The predicted molar refractivity (Wildman–Crippen MR) is 52.8 cm³/mol. The summed E-state index contributed by atoms with van der Waals surface area (Å²) >= 11 is 6.14. The van der Waals surface area contributed by atoms with E-state index in [4.69, 9.17) is 16.0 Å². The zero-order valence-electron chi connectivity index (χ0n) is 7.28. The number of rotatable bonds is 2. The third-order valence-electron chi connectivity index (χ3n) is 2.00. The van der Waals surface area contributed by atoms with Gasteiger partial charge in [-0.2, -0.15) is 0 Å². The highest BCUT2D eigenvalue weighted by molar-refractivity contribution is 6.22. The lowest BCUT2D eigenvalue weighted by molar-refractivity contribution is 0.564. The van der Waals surface area contributed by atoms with Gasteiger partial charge in [0.25, 0.3) is 0 Å². The van der Waals surface area contributed by atoms with Crippen molar-refractivity contribution in [2.24, 2.45) is 0 Å². The van der Waals surface area contributed by atoms with Gasteiger partial charge in [-0.05, 0) is 23.8 Å². The first kappa shape index (κ1) is 9.28. The topological polar surface area (TPSA) is 13.1 Å². The highest BCUT2D eigenvalue weighted by Crippen LogP contribution is 2.28. The van der Waals surface area contributed by atoms with Gasteiger partial charge in [0.1, 0.15) is 5.82 Å². The van der Waals surface area contributed by atoms with Crippen LogP contribution in [0.2, 0.25) is 0 Å². The first-order chi connectivity index (χ1) is 6.77. The van der Waals surface area contributed by atoms with Gasteiger partial charge in [0.2, 0.25) is 0 Å². The van der Waals surface area contributed by atoms with Gasteiger partial charge in [-0.3, -0.25) is 0 Å². The third-order valence-corrected chi connectivity index (χ3v) is 2.50. The van der Waals surface area contributed by atoms with Gasteiger partial charge in [-0.1, -0.05) is 12.1 Å². The number of hydrogen-bond donors (Lipinski definition) is 0. The molecule has 0 aliphatic carbocycles. The molecule has 1 aromatic carbocycles. The Labute approximate surface area is 86.1 Å². The van der Waals surface area contributed by atoms with Crippen LogP contribution in [0.1, 0.15) is 16.5 Å². The van der Waals surface area contributed by atoms with Crippen molar-refractivity contribution in [2.75, 3.05) is 0 Å². The van der Waals surface area contributed by atoms with E-state index in [1.54, 1.807) is 30.7 Å². The zero-order valence-corrected chi connectivity index (χ0v) is 8.04. The molecule has 1 unspecified atom stereocenters. The van der Waals surface area contributed by atoms with Crippen molar-refractivity contribution in [3.05, 3.63) is 59.8 Å². The second kappa shape index (κ2) is 3.84. The molecule has 1 heterocycles. The molecule has 0 aliphatic heterocycles. The van der Waals surface area contributed by atoms with Gasteiger partial charge in [-0.15, -0.1) is 11.6 Å². The van der Waals surface area contributed by atoms with Crippen LogP contribution in [-0.2, 0) is 0 Å². The Morgan fingerprint density at radius 1 is 1.07 bits per heavy atom. The number of benzene rings is 1. The second-order valence-electron chi connectivity index (χ2n) is 2.97. The Morgan fingerprint density at radius 2 is 1.79 bits per heavy atom. The Balaban J connectivity index is 2.28. The van der Waals surface area contributed by atoms with Crippen molar-refractivity contribution >= 4 is 11.6 Å². The summed E-state index contributed by atoms with van der Waals surface area (Å²) in [7, 11) is 0. The molecule has 1 atom stereocenters. The van der Waals surface area contributed by atoms with Crippen LogP contribution in [0, 0.1) is 5.82 Å².